The number of benzene rings is 3. The van der Waals surface area contributed by atoms with Crippen molar-refractivity contribution in [3.8, 4) is 22.6 Å². The topological polar surface area (TPSA) is 95.3 Å². The Morgan fingerprint density at radius 1 is 0.872 bits per heavy atom. The summed E-state index contributed by atoms with van der Waals surface area (Å²) in [6.45, 7) is 1.63. The van der Waals surface area contributed by atoms with Crippen molar-refractivity contribution in [1.29, 1.82) is 0 Å². The fraction of sp³-hybridized carbons (Fsp3) is 0.278. The van der Waals surface area contributed by atoms with Gasteiger partial charge in [-0.05, 0) is 85.5 Å². The first kappa shape index (κ1) is 29.2. The minimum absolute atomic E-state index is 0.0420. The molecule has 1 unspecified atom stereocenters. The van der Waals surface area contributed by atoms with E-state index in [0.717, 1.165) is 54.1 Å². The van der Waals surface area contributed by atoms with Gasteiger partial charge in [0.1, 0.15) is 17.5 Å². The van der Waals surface area contributed by atoms with E-state index in [1.54, 1.807) is 12.1 Å². The van der Waals surface area contributed by atoms with Crippen LogP contribution in [0, 0.1) is 17.5 Å². The molecule has 238 valence electrons. The molecule has 8 rings (SSSR count). The third-order valence-corrected chi connectivity index (χ3v) is 9.52. The molecule has 47 heavy (non-hydrogen) atoms. The number of nitrogens with zero attached hydrogens (tertiary/aromatic N) is 4. The van der Waals surface area contributed by atoms with E-state index in [1.807, 2.05) is 23.1 Å². The number of halogens is 3. The molecule has 3 aliphatic heterocycles. The maximum absolute atomic E-state index is 14.6. The first-order valence-corrected chi connectivity index (χ1v) is 15.8. The maximum atomic E-state index is 14.6. The number of amides is 1. The molecule has 2 aromatic heterocycles. The molecule has 0 bridgehead atoms. The smallest absolute Gasteiger partial charge is 0.388 e. The van der Waals surface area contributed by atoms with Gasteiger partial charge in [0.05, 0.1) is 28.6 Å². The van der Waals surface area contributed by atoms with Crippen molar-refractivity contribution in [2.45, 2.75) is 51.1 Å². The first-order chi connectivity index (χ1) is 22.8. The van der Waals surface area contributed by atoms with Crippen LogP contribution in [0.2, 0.25) is 0 Å². The molecule has 3 aliphatic rings. The highest BCUT2D eigenvalue weighted by Crippen LogP contribution is 2.48. The number of carbonyl (C=O) groups is 1. The van der Waals surface area contributed by atoms with Gasteiger partial charge in [0.25, 0.3) is 11.8 Å². The van der Waals surface area contributed by atoms with Crippen LogP contribution in [0.5, 0.6) is 0 Å². The van der Waals surface area contributed by atoms with E-state index in [0.29, 0.717) is 59.6 Å². The van der Waals surface area contributed by atoms with Crippen molar-refractivity contribution in [1.82, 2.24) is 20.1 Å². The Labute approximate surface area is 267 Å². The molecule has 1 N–H and O–H groups in total. The number of rotatable bonds is 7. The predicted octanol–water partition coefficient (Wildman–Crippen LogP) is 6.54. The Morgan fingerprint density at radius 3 is 2.49 bits per heavy atom. The second kappa shape index (κ2) is 11.6. The van der Waals surface area contributed by atoms with Crippen LogP contribution in [0.1, 0.15) is 63.7 Å². The van der Waals surface area contributed by atoms with Crippen LogP contribution in [0.3, 0.4) is 0 Å². The van der Waals surface area contributed by atoms with Gasteiger partial charge in [0.2, 0.25) is 0 Å². The lowest BCUT2D eigenvalue weighted by molar-refractivity contribution is 0.0776. The molecule has 5 aromatic rings. The van der Waals surface area contributed by atoms with Gasteiger partial charge < -0.3 is 14.2 Å². The highest BCUT2D eigenvalue weighted by molar-refractivity contribution is 6.08. The number of aromatic amines is 1. The molecule has 11 heteroatoms. The second-order valence-electron chi connectivity index (χ2n) is 12.4. The third-order valence-electron chi connectivity index (χ3n) is 9.52. The molecule has 0 aliphatic carbocycles. The zero-order chi connectivity index (χ0) is 32.2. The number of pyridine rings is 1. The summed E-state index contributed by atoms with van der Waals surface area (Å²) in [5, 5.41) is 6.55. The molecule has 3 aromatic carbocycles. The molecule has 0 saturated carbocycles. The summed E-state index contributed by atoms with van der Waals surface area (Å²) in [5.41, 5.74) is 6.95. The first-order valence-electron chi connectivity index (χ1n) is 15.8. The van der Waals surface area contributed by atoms with Gasteiger partial charge in [-0.25, -0.2) is 23.1 Å². The molecular formula is C36H30F3N5O3. The van der Waals surface area contributed by atoms with E-state index in [2.05, 4.69) is 15.1 Å². The summed E-state index contributed by atoms with van der Waals surface area (Å²) >= 11 is 0. The second-order valence-corrected chi connectivity index (χ2v) is 12.4. The van der Waals surface area contributed by atoms with E-state index in [4.69, 9.17) is 9.40 Å². The molecule has 0 spiro atoms. The van der Waals surface area contributed by atoms with Crippen molar-refractivity contribution in [3.63, 3.8) is 0 Å². The average molecular weight is 638 g/mol. The zero-order valence-corrected chi connectivity index (χ0v) is 25.4. The number of hydrogen-bond acceptors (Lipinski definition) is 6. The van der Waals surface area contributed by atoms with Crippen molar-refractivity contribution in [3.05, 3.63) is 122 Å². The molecule has 1 amide bonds. The molecule has 1 fully saturated rings. The van der Waals surface area contributed by atoms with Crippen LogP contribution in [-0.4, -0.2) is 39.1 Å². The van der Waals surface area contributed by atoms with Crippen molar-refractivity contribution in [2.24, 2.45) is 0 Å². The highest BCUT2D eigenvalue weighted by atomic mass is 19.1. The van der Waals surface area contributed by atoms with Crippen LogP contribution in [0.15, 0.2) is 69.9 Å². The Kier molecular flexibility index (Phi) is 7.19. The van der Waals surface area contributed by atoms with Gasteiger partial charge in [-0.1, -0.05) is 24.3 Å². The lowest BCUT2D eigenvalue weighted by Crippen LogP contribution is -2.29. The van der Waals surface area contributed by atoms with Crippen LogP contribution in [0.25, 0.3) is 22.6 Å². The normalized spacial score (nSPS) is 16.8. The monoisotopic (exact) mass is 637 g/mol. The van der Waals surface area contributed by atoms with Gasteiger partial charge in [-0.3, -0.25) is 9.78 Å². The van der Waals surface area contributed by atoms with Gasteiger partial charge in [0, 0.05) is 42.5 Å². The zero-order valence-electron chi connectivity index (χ0n) is 25.4. The minimum atomic E-state index is -0.725. The summed E-state index contributed by atoms with van der Waals surface area (Å²) in [7, 11) is 0. The number of anilines is 1. The number of fused-ring (bicyclic) bond motifs is 4. The highest BCUT2D eigenvalue weighted by Gasteiger charge is 2.44. The Morgan fingerprint density at radius 2 is 1.70 bits per heavy atom. The van der Waals surface area contributed by atoms with E-state index in [-0.39, 0.29) is 30.2 Å². The lowest BCUT2D eigenvalue weighted by atomic mass is 9.88. The summed E-state index contributed by atoms with van der Waals surface area (Å²) < 4.78 is 47.3. The van der Waals surface area contributed by atoms with Crippen molar-refractivity contribution in [2.75, 3.05) is 18.0 Å². The number of hydrogen-bond donors (Lipinski definition) is 1. The number of H-pyrrole nitrogens is 1. The van der Waals surface area contributed by atoms with Crippen LogP contribution in [-0.2, 0) is 25.8 Å². The fourth-order valence-corrected chi connectivity index (χ4v) is 7.35. The van der Waals surface area contributed by atoms with E-state index in [1.165, 1.54) is 24.3 Å². The Hall–Kier alpha value is -5.19. The number of carbonyl (C=O) groups excluding carboxylic acids is 1. The fourth-order valence-electron chi connectivity index (χ4n) is 7.35. The predicted molar refractivity (Wildman–Crippen MR) is 168 cm³/mol. The van der Waals surface area contributed by atoms with Crippen molar-refractivity contribution >= 4 is 11.6 Å². The van der Waals surface area contributed by atoms with E-state index >= 15 is 0 Å². The van der Waals surface area contributed by atoms with E-state index < -0.39 is 17.4 Å². The molecule has 8 nitrogen and oxygen atoms in total. The minimum Gasteiger partial charge on any atom is -0.388 e. The molecular weight excluding hydrogens is 607 g/mol. The summed E-state index contributed by atoms with van der Waals surface area (Å²) in [6, 6.07) is 15.8. The van der Waals surface area contributed by atoms with Crippen molar-refractivity contribution < 1.29 is 22.4 Å². The number of aromatic nitrogens is 3. The SMILES string of the molecule is O=C1c2c(nc(CCc3ccc(F)cc3)c(-c3n[nH]c(=O)o3)c2-c2ccc3c(c2)CCCN3Cc2ccc(F)cc2F)C2CCCN12. The van der Waals surface area contributed by atoms with Gasteiger partial charge in [0.15, 0.2) is 0 Å². The lowest BCUT2D eigenvalue weighted by Gasteiger charge is -2.32. The quantitative estimate of drug-likeness (QED) is 0.218. The summed E-state index contributed by atoms with van der Waals surface area (Å²) in [5.74, 6) is -2.31. The van der Waals surface area contributed by atoms with Gasteiger partial charge in [-0.15, -0.1) is 5.10 Å². The van der Waals surface area contributed by atoms with Crippen LogP contribution < -0.4 is 10.7 Å². The summed E-state index contributed by atoms with van der Waals surface area (Å²) in [6.07, 6.45) is 4.25. The largest absolute Gasteiger partial charge is 0.434 e. The van der Waals surface area contributed by atoms with Crippen LogP contribution in [0.4, 0.5) is 18.9 Å². The maximum Gasteiger partial charge on any atom is 0.434 e. The number of aryl methyl sites for hydroxylation is 3. The number of nitrogens with one attached hydrogen (secondary N) is 1. The van der Waals surface area contributed by atoms with Crippen LogP contribution >= 0.6 is 0 Å². The Balaban J connectivity index is 1.27. The third kappa shape index (κ3) is 5.19. The molecule has 1 atom stereocenters. The molecule has 1 saturated heterocycles. The van der Waals surface area contributed by atoms with Gasteiger partial charge in [-0.2, -0.15) is 0 Å². The average Bonchev–Trinajstić information content (AvgIpc) is 3.79. The molecule has 0 radical (unpaired) electrons. The summed E-state index contributed by atoms with van der Waals surface area (Å²) in [4.78, 5) is 35.3. The van der Waals surface area contributed by atoms with E-state index in [9.17, 15) is 22.8 Å². The Bertz CT molecular complexity index is 2090. The molecule has 5 heterocycles. The van der Waals surface area contributed by atoms with Gasteiger partial charge >= 0.3 is 5.76 Å². The standard InChI is InChI=1S/C36H30F3N5O3/c37-24-10-5-20(6-11-24)7-13-27-31(34-41-42-36(46)47-34)30(32-33(40-27)29-4-2-16-44(29)35(32)45)22-9-14-28-21(17-22)3-1-15-43(28)19-23-8-12-25(38)18-26(23)39/h5-6,8-12,14,17-18,29H,1-4,7,13,15-16,19H2,(H,42,46).